The monoisotopic (exact) mass is 234 g/mol. The fourth-order valence-corrected chi connectivity index (χ4v) is 1.27. The van der Waals surface area contributed by atoms with E-state index in [0.29, 0.717) is 11.6 Å². The summed E-state index contributed by atoms with van der Waals surface area (Å²) in [5, 5.41) is 18.1. The van der Waals surface area contributed by atoms with Gasteiger partial charge in [0.2, 0.25) is 0 Å². The van der Waals surface area contributed by atoms with Crippen molar-refractivity contribution in [1.82, 2.24) is 14.8 Å². The van der Waals surface area contributed by atoms with Crippen LogP contribution in [0.3, 0.4) is 0 Å². The Morgan fingerprint density at radius 2 is 2.35 bits per heavy atom. The van der Waals surface area contributed by atoms with E-state index in [1.54, 1.807) is 30.1 Å². The van der Waals surface area contributed by atoms with Gasteiger partial charge in [-0.1, -0.05) is 6.07 Å². The van der Waals surface area contributed by atoms with Gasteiger partial charge in [0.15, 0.2) is 5.82 Å². The second-order valence-electron chi connectivity index (χ2n) is 3.40. The minimum Gasteiger partial charge on any atom is -0.485 e. The van der Waals surface area contributed by atoms with Crippen molar-refractivity contribution >= 4 is 5.69 Å². The summed E-state index contributed by atoms with van der Waals surface area (Å²) >= 11 is 0. The Kier molecular flexibility index (Phi) is 2.99. The molecule has 0 amide bonds. The van der Waals surface area contributed by atoms with Crippen LogP contribution in [0.2, 0.25) is 0 Å². The number of nitro benzene ring substituents is 1. The Labute approximate surface area is 96.8 Å². The van der Waals surface area contributed by atoms with Gasteiger partial charge in [-0.2, -0.15) is 0 Å². The molecule has 0 unspecified atom stereocenters. The Morgan fingerprint density at radius 3 is 3.00 bits per heavy atom. The largest absolute Gasteiger partial charge is 0.485 e. The number of non-ortho nitro benzene ring substituents is 1. The molecule has 0 radical (unpaired) electrons. The zero-order chi connectivity index (χ0) is 12.3. The number of benzene rings is 1. The highest BCUT2D eigenvalue weighted by Crippen LogP contribution is 2.19. The van der Waals surface area contributed by atoms with Crippen LogP contribution >= 0.6 is 0 Å². The summed E-state index contributed by atoms with van der Waals surface area (Å²) in [4.78, 5) is 10.1. The minimum atomic E-state index is -0.463. The molecule has 0 fully saturated rings. The van der Waals surface area contributed by atoms with Crippen molar-refractivity contribution in [3.63, 3.8) is 0 Å². The highest BCUT2D eigenvalue weighted by molar-refractivity contribution is 5.37. The number of rotatable bonds is 4. The summed E-state index contributed by atoms with van der Waals surface area (Å²) in [6.07, 6.45) is 1.56. The Morgan fingerprint density at radius 1 is 1.53 bits per heavy atom. The minimum absolute atomic E-state index is 0.000431. The highest BCUT2D eigenvalue weighted by atomic mass is 16.6. The summed E-state index contributed by atoms with van der Waals surface area (Å²) in [7, 11) is 1.80. The van der Waals surface area contributed by atoms with E-state index in [9.17, 15) is 10.1 Å². The zero-order valence-electron chi connectivity index (χ0n) is 9.11. The Balaban J connectivity index is 2.07. The molecule has 0 atom stereocenters. The van der Waals surface area contributed by atoms with Crippen molar-refractivity contribution < 1.29 is 9.66 Å². The molecule has 88 valence electrons. The molecule has 2 aromatic rings. The number of aryl methyl sites for hydroxylation is 1. The Bertz CT molecular complexity index is 538. The van der Waals surface area contributed by atoms with E-state index in [1.165, 1.54) is 12.1 Å². The van der Waals surface area contributed by atoms with E-state index >= 15 is 0 Å². The number of nitro groups is 1. The van der Waals surface area contributed by atoms with Gasteiger partial charge in [0.05, 0.1) is 11.0 Å². The number of nitrogens with zero attached hydrogens (tertiary/aromatic N) is 4. The van der Waals surface area contributed by atoms with E-state index in [2.05, 4.69) is 10.2 Å². The summed E-state index contributed by atoms with van der Waals surface area (Å²) in [6.45, 7) is 0.220. The van der Waals surface area contributed by atoms with Crippen LogP contribution in [0.4, 0.5) is 5.69 Å². The van der Waals surface area contributed by atoms with Gasteiger partial charge in [0, 0.05) is 13.1 Å². The summed E-state index contributed by atoms with van der Waals surface area (Å²) in [5.74, 6) is 1.08. The van der Waals surface area contributed by atoms with E-state index in [4.69, 9.17) is 4.74 Å². The fraction of sp³-hybridized carbons (Fsp3) is 0.200. The van der Waals surface area contributed by atoms with Crippen molar-refractivity contribution in [2.24, 2.45) is 7.05 Å². The maximum Gasteiger partial charge on any atom is 0.273 e. The van der Waals surface area contributed by atoms with Crippen molar-refractivity contribution in [3.8, 4) is 5.75 Å². The summed E-state index contributed by atoms with van der Waals surface area (Å²) in [5.41, 5.74) is 0.000431. The lowest BCUT2D eigenvalue weighted by Gasteiger charge is -2.04. The van der Waals surface area contributed by atoms with Gasteiger partial charge in [-0.3, -0.25) is 10.1 Å². The van der Waals surface area contributed by atoms with E-state index in [-0.39, 0.29) is 12.3 Å². The molecule has 0 aliphatic carbocycles. The van der Waals surface area contributed by atoms with Crippen LogP contribution in [0.15, 0.2) is 30.6 Å². The average Bonchev–Trinajstić information content (AvgIpc) is 2.72. The fourth-order valence-electron chi connectivity index (χ4n) is 1.27. The van der Waals surface area contributed by atoms with Gasteiger partial charge in [0.1, 0.15) is 18.7 Å². The maximum atomic E-state index is 10.6. The van der Waals surface area contributed by atoms with Crippen LogP contribution in [0.5, 0.6) is 5.75 Å². The summed E-state index contributed by atoms with van der Waals surface area (Å²) in [6, 6.07) is 6.01. The maximum absolute atomic E-state index is 10.6. The quantitative estimate of drug-likeness (QED) is 0.588. The molecular weight excluding hydrogens is 224 g/mol. The molecule has 17 heavy (non-hydrogen) atoms. The lowest BCUT2D eigenvalue weighted by atomic mass is 10.3. The van der Waals surface area contributed by atoms with Crippen LogP contribution in [0.25, 0.3) is 0 Å². The molecule has 1 aromatic heterocycles. The molecule has 7 nitrogen and oxygen atoms in total. The van der Waals surface area contributed by atoms with Gasteiger partial charge < -0.3 is 9.30 Å². The van der Waals surface area contributed by atoms with Gasteiger partial charge in [0.25, 0.3) is 5.69 Å². The van der Waals surface area contributed by atoms with Crippen molar-refractivity contribution in [3.05, 3.63) is 46.5 Å². The third kappa shape index (κ3) is 2.57. The third-order valence-electron chi connectivity index (χ3n) is 2.20. The number of ether oxygens (including phenoxy) is 1. The van der Waals surface area contributed by atoms with Crippen molar-refractivity contribution in [2.45, 2.75) is 6.61 Å². The third-order valence-corrected chi connectivity index (χ3v) is 2.20. The Hall–Kier alpha value is -2.44. The molecular formula is C10H10N4O3. The van der Waals surface area contributed by atoms with Crippen LogP contribution in [-0.2, 0) is 13.7 Å². The molecule has 2 rings (SSSR count). The molecule has 0 saturated carbocycles. The van der Waals surface area contributed by atoms with Crippen LogP contribution in [-0.4, -0.2) is 19.7 Å². The predicted octanol–water partition coefficient (Wildman–Crippen LogP) is 1.30. The van der Waals surface area contributed by atoms with E-state index in [0.717, 1.165) is 0 Å². The predicted molar refractivity (Wildman–Crippen MR) is 58.4 cm³/mol. The molecule has 0 aliphatic heterocycles. The van der Waals surface area contributed by atoms with Crippen LogP contribution < -0.4 is 4.74 Å². The highest BCUT2D eigenvalue weighted by Gasteiger charge is 2.07. The van der Waals surface area contributed by atoms with Crippen molar-refractivity contribution in [2.75, 3.05) is 0 Å². The molecule has 0 saturated heterocycles. The molecule has 0 spiro atoms. The molecule has 1 aromatic carbocycles. The van der Waals surface area contributed by atoms with Gasteiger partial charge >= 0.3 is 0 Å². The summed E-state index contributed by atoms with van der Waals surface area (Å²) < 4.78 is 7.11. The lowest BCUT2D eigenvalue weighted by molar-refractivity contribution is -0.384. The lowest BCUT2D eigenvalue weighted by Crippen LogP contribution is -2.03. The van der Waals surface area contributed by atoms with Gasteiger partial charge in [-0.15, -0.1) is 10.2 Å². The van der Waals surface area contributed by atoms with Crippen LogP contribution in [0, 0.1) is 10.1 Å². The molecule has 0 bridgehead atoms. The second kappa shape index (κ2) is 4.60. The second-order valence-corrected chi connectivity index (χ2v) is 3.40. The molecule has 7 heteroatoms. The first-order chi connectivity index (χ1) is 8.16. The first-order valence-electron chi connectivity index (χ1n) is 4.87. The first-order valence-corrected chi connectivity index (χ1v) is 4.87. The number of aromatic nitrogens is 3. The topological polar surface area (TPSA) is 83.1 Å². The average molecular weight is 234 g/mol. The van der Waals surface area contributed by atoms with E-state index in [1.807, 2.05) is 0 Å². The zero-order valence-corrected chi connectivity index (χ0v) is 9.11. The smallest absolute Gasteiger partial charge is 0.273 e. The molecule has 0 N–H and O–H groups in total. The van der Waals surface area contributed by atoms with Crippen LogP contribution in [0.1, 0.15) is 5.82 Å². The molecule has 1 heterocycles. The standard InChI is InChI=1S/C10H10N4O3/c1-13-7-11-12-10(13)6-17-9-4-2-3-8(5-9)14(15)16/h2-5,7H,6H2,1H3. The molecule has 0 aliphatic rings. The van der Waals surface area contributed by atoms with Gasteiger partial charge in [-0.25, -0.2) is 0 Å². The SMILES string of the molecule is Cn1cnnc1COc1cccc([N+](=O)[O-])c1. The van der Waals surface area contributed by atoms with Gasteiger partial charge in [-0.05, 0) is 6.07 Å². The first kappa shape index (κ1) is 11.1. The number of hydrogen-bond acceptors (Lipinski definition) is 5. The normalized spacial score (nSPS) is 10.2. The number of hydrogen-bond donors (Lipinski definition) is 0. The van der Waals surface area contributed by atoms with E-state index < -0.39 is 4.92 Å². The van der Waals surface area contributed by atoms with Crippen molar-refractivity contribution in [1.29, 1.82) is 0 Å².